The summed E-state index contributed by atoms with van der Waals surface area (Å²) in [6, 6.07) is 8.23. The van der Waals surface area contributed by atoms with Crippen LogP contribution in [-0.2, 0) is 4.74 Å². The Morgan fingerprint density at radius 3 is 3.00 bits per heavy atom. The number of benzene rings is 1. The Morgan fingerprint density at radius 2 is 2.12 bits per heavy atom. The number of hydrazine groups is 1. The van der Waals surface area contributed by atoms with E-state index in [0.717, 1.165) is 55.4 Å². The van der Waals surface area contributed by atoms with Gasteiger partial charge >= 0.3 is 0 Å². The third-order valence-corrected chi connectivity index (χ3v) is 4.70. The van der Waals surface area contributed by atoms with Gasteiger partial charge in [-0.3, -0.25) is 9.91 Å². The van der Waals surface area contributed by atoms with Gasteiger partial charge in [-0.05, 0) is 24.7 Å². The second-order valence-electron chi connectivity index (χ2n) is 6.44. The van der Waals surface area contributed by atoms with Crippen LogP contribution in [0.1, 0.15) is 5.56 Å². The average molecular weight is 355 g/mol. The first-order valence-corrected chi connectivity index (χ1v) is 9.09. The lowest BCUT2D eigenvalue weighted by Gasteiger charge is -2.24. The van der Waals surface area contributed by atoms with Gasteiger partial charge in [0.05, 0.1) is 0 Å². The molecule has 138 valence electrons. The number of aliphatic imine (C=N–C) groups is 1. The van der Waals surface area contributed by atoms with Crippen molar-refractivity contribution in [2.24, 2.45) is 4.99 Å². The lowest BCUT2D eigenvalue weighted by Crippen LogP contribution is -2.37. The van der Waals surface area contributed by atoms with E-state index in [1.165, 1.54) is 0 Å². The van der Waals surface area contributed by atoms with Gasteiger partial charge in [-0.15, -0.1) is 0 Å². The van der Waals surface area contributed by atoms with Crippen molar-refractivity contribution in [1.82, 2.24) is 20.7 Å². The number of ether oxygens (including phenoxy) is 2. The summed E-state index contributed by atoms with van der Waals surface area (Å²) in [5, 5.41) is 5.14. The predicted octanol–water partition coefficient (Wildman–Crippen LogP) is 1.03. The van der Waals surface area contributed by atoms with Gasteiger partial charge < -0.3 is 14.8 Å². The van der Waals surface area contributed by atoms with Crippen molar-refractivity contribution < 1.29 is 9.47 Å². The van der Waals surface area contributed by atoms with Gasteiger partial charge in [0.1, 0.15) is 19.0 Å². The molecular formula is C19H25N5O2. The number of fused-ring (bicyclic) bond motifs is 3. The fraction of sp³-hybridized carbons (Fsp3) is 0.421. The molecule has 3 aliphatic heterocycles. The number of rotatable bonds is 3. The highest BCUT2D eigenvalue weighted by Gasteiger charge is 2.25. The summed E-state index contributed by atoms with van der Waals surface area (Å²) < 4.78 is 11.9. The number of hydrogen-bond donors (Lipinski definition) is 2. The maximum Gasteiger partial charge on any atom is 0.216 e. The van der Waals surface area contributed by atoms with Crippen molar-refractivity contribution in [2.75, 3.05) is 53.0 Å². The molecule has 0 atom stereocenters. The summed E-state index contributed by atoms with van der Waals surface area (Å²) in [7, 11) is 1.97. The maximum absolute atomic E-state index is 6.00. The second-order valence-corrected chi connectivity index (χ2v) is 6.44. The molecular weight excluding hydrogens is 330 g/mol. The number of nitrogens with zero attached hydrogens (tertiary/aromatic N) is 3. The Bertz CT molecular complexity index is 743. The van der Waals surface area contributed by atoms with Crippen LogP contribution >= 0.6 is 0 Å². The normalized spacial score (nSPS) is 20.3. The minimum atomic E-state index is 0.605. The van der Waals surface area contributed by atoms with E-state index in [1.54, 1.807) is 0 Å². The molecule has 0 unspecified atom stereocenters. The third-order valence-electron chi connectivity index (χ3n) is 4.70. The van der Waals surface area contributed by atoms with Crippen LogP contribution in [0.15, 0.2) is 47.4 Å². The smallest absolute Gasteiger partial charge is 0.216 e. The molecule has 1 aromatic carbocycles. The van der Waals surface area contributed by atoms with E-state index in [4.69, 9.17) is 14.5 Å². The van der Waals surface area contributed by atoms with Crippen molar-refractivity contribution in [3.63, 3.8) is 0 Å². The van der Waals surface area contributed by atoms with Crippen LogP contribution in [0.3, 0.4) is 0 Å². The zero-order valence-corrected chi connectivity index (χ0v) is 15.1. The summed E-state index contributed by atoms with van der Waals surface area (Å²) in [4.78, 5) is 7.05. The summed E-state index contributed by atoms with van der Waals surface area (Å²) >= 11 is 0. The molecule has 7 heteroatoms. The maximum atomic E-state index is 6.00. The van der Waals surface area contributed by atoms with Gasteiger partial charge in [-0.25, -0.2) is 5.43 Å². The molecule has 1 aromatic rings. The Labute approximate surface area is 153 Å². The number of likely N-dealkylation sites (N-methyl/N-ethyl adjacent to an activating group) is 1. The summed E-state index contributed by atoms with van der Waals surface area (Å²) in [6.07, 6.45) is 3.87. The van der Waals surface area contributed by atoms with Crippen molar-refractivity contribution in [2.45, 2.75) is 0 Å². The zero-order chi connectivity index (χ0) is 17.8. The van der Waals surface area contributed by atoms with Gasteiger partial charge in [0.15, 0.2) is 5.82 Å². The van der Waals surface area contributed by atoms with E-state index >= 15 is 0 Å². The minimum Gasteiger partial charge on any atom is -0.492 e. The van der Waals surface area contributed by atoms with Crippen LogP contribution in [0, 0.1) is 0 Å². The van der Waals surface area contributed by atoms with E-state index in [1.807, 2.05) is 36.5 Å². The molecule has 3 heterocycles. The highest BCUT2D eigenvalue weighted by molar-refractivity contribution is 5.91. The Hall–Kier alpha value is -2.35. The molecule has 3 aliphatic rings. The molecule has 0 fully saturated rings. The molecule has 0 radical (unpaired) electrons. The molecule has 0 saturated heterocycles. The summed E-state index contributed by atoms with van der Waals surface area (Å²) in [6.45, 7) is 5.59. The van der Waals surface area contributed by atoms with Crippen LogP contribution in [0.25, 0.3) is 5.57 Å². The second kappa shape index (κ2) is 7.90. The molecule has 2 N–H and O–H groups in total. The van der Waals surface area contributed by atoms with E-state index in [-0.39, 0.29) is 0 Å². The molecule has 26 heavy (non-hydrogen) atoms. The van der Waals surface area contributed by atoms with E-state index in [0.29, 0.717) is 19.1 Å². The van der Waals surface area contributed by atoms with Gasteiger partial charge in [-0.2, -0.15) is 4.99 Å². The predicted molar refractivity (Wildman–Crippen MR) is 102 cm³/mol. The molecule has 0 saturated carbocycles. The fourth-order valence-corrected chi connectivity index (χ4v) is 3.25. The SMILES string of the molecule is CNCCN1CCOC2=NC3=C(CNN3C=C2)c2cccc(c2)OCC1. The molecule has 4 bridgehead atoms. The number of nitrogens with one attached hydrogen (secondary N) is 2. The van der Waals surface area contributed by atoms with Gasteiger partial charge in [0, 0.05) is 50.6 Å². The van der Waals surface area contributed by atoms with Crippen molar-refractivity contribution in [3.05, 3.63) is 47.9 Å². The Morgan fingerprint density at radius 1 is 1.23 bits per heavy atom. The first-order valence-electron chi connectivity index (χ1n) is 9.09. The van der Waals surface area contributed by atoms with Crippen LogP contribution < -0.4 is 15.5 Å². The van der Waals surface area contributed by atoms with Crippen LogP contribution in [0.2, 0.25) is 0 Å². The van der Waals surface area contributed by atoms with E-state index < -0.39 is 0 Å². The van der Waals surface area contributed by atoms with Crippen molar-refractivity contribution >= 4 is 11.5 Å². The largest absolute Gasteiger partial charge is 0.492 e. The highest BCUT2D eigenvalue weighted by Crippen LogP contribution is 2.30. The van der Waals surface area contributed by atoms with Gasteiger partial charge in [-0.1, -0.05) is 12.1 Å². The topological polar surface area (TPSA) is 61.4 Å². The summed E-state index contributed by atoms with van der Waals surface area (Å²) in [5.74, 6) is 2.45. The van der Waals surface area contributed by atoms with Gasteiger partial charge in [0.2, 0.25) is 5.90 Å². The highest BCUT2D eigenvalue weighted by atomic mass is 16.5. The van der Waals surface area contributed by atoms with Crippen molar-refractivity contribution in [1.29, 1.82) is 0 Å². The first-order chi connectivity index (χ1) is 12.8. The number of hydrogen-bond acceptors (Lipinski definition) is 7. The lowest BCUT2D eigenvalue weighted by atomic mass is 10.1. The van der Waals surface area contributed by atoms with Crippen LogP contribution in [-0.4, -0.2) is 68.8 Å². The molecule has 0 amide bonds. The van der Waals surface area contributed by atoms with Gasteiger partial charge in [0.25, 0.3) is 0 Å². The van der Waals surface area contributed by atoms with Crippen LogP contribution in [0.5, 0.6) is 5.75 Å². The molecule has 7 nitrogen and oxygen atoms in total. The Kier molecular flexibility index (Phi) is 5.19. The Balaban J connectivity index is 1.62. The molecule has 0 aliphatic carbocycles. The monoisotopic (exact) mass is 355 g/mol. The van der Waals surface area contributed by atoms with E-state index in [2.05, 4.69) is 27.8 Å². The zero-order valence-electron chi connectivity index (χ0n) is 15.1. The minimum absolute atomic E-state index is 0.605. The molecule has 0 aromatic heterocycles. The first kappa shape index (κ1) is 17.1. The molecule has 0 spiro atoms. The fourth-order valence-electron chi connectivity index (χ4n) is 3.25. The lowest BCUT2D eigenvalue weighted by molar-refractivity contribution is 0.173. The average Bonchev–Trinajstić information content (AvgIpc) is 3.08. The molecule has 4 rings (SSSR count). The van der Waals surface area contributed by atoms with Crippen molar-refractivity contribution in [3.8, 4) is 5.75 Å². The third kappa shape index (κ3) is 3.75. The quantitative estimate of drug-likeness (QED) is 0.845. The van der Waals surface area contributed by atoms with Crippen LogP contribution in [0.4, 0.5) is 0 Å². The van der Waals surface area contributed by atoms with E-state index in [9.17, 15) is 0 Å². The standard InChI is InChI=1S/C19H25N5O2/c1-20-6-8-23-9-11-25-16-4-2-3-15(13-16)17-14-21-24-7-5-18(22-19(17)24)26-12-10-23/h2-5,7,13,20-21H,6,8-12,14H2,1H3. The summed E-state index contributed by atoms with van der Waals surface area (Å²) in [5.41, 5.74) is 5.60.